The molecule has 160 valence electrons. The van der Waals surface area contributed by atoms with E-state index in [0.29, 0.717) is 16.5 Å². The molecule has 31 heavy (non-hydrogen) atoms. The van der Waals surface area contributed by atoms with Crippen LogP contribution in [0.15, 0.2) is 53.3 Å². The van der Waals surface area contributed by atoms with Crippen molar-refractivity contribution >= 4 is 40.6 Å². The molecule has 0 saturated carbocycles. The SMILES string of the molecule is O=C(O)CCn1c(/C=C\c2cccc(NC(=O)C(F)(F)F)c2)nc2ccccc2c1=O. The van der Waals surface area contributed by atoms with Crippen LogP contribution in [0.1, 0.15) is 17.8 Å². The fourth-order valence-corrected chi connectivity index (χ4v) is 2.83. The molecule has 0 fully saturated rings. The molecule has 10 heteroatoms. The van der Waals surface area contributed by atoms with Gasteiger partial charge in [-0.3, -0.25) is 19.0 Å². The first kappa shape index (κ1) is 21.8. The fourth-order valence-electron chi connectivity index (χ4n) is 2.83. The Labute approximate surface area is 173 Å². The molecule has 0 radical (unpaired) electrons. The van der Waals surface area contributed by atoms with Crippen LogP contribution in [0.25, 0.3) is 23.1 Å². The van der Waals surface area contributed by atoms with E-state index >= 15 is 0 Å². The monoisotopic (exact) mass is 431 g/mol. The van der Waals surface area contributed by atoms with Gasteiger partial charge in [0, 0.05) is 12.2 Å². The zero-order chi connectivity index (χ0) is 22.6. The van der Waals surface area contributed by atoms with Gasteiger partial charge in [-0.25, -0.2) is 4.98 Å². The minimum absolute atomic E-state index is 0.0563. The lowest BCUT2D eigenvalue weighted by Gasteiger charge is -2.10. The van der Waals surface area contributed by atoms with E-state index in [2.05, 4.69) is 4.98 Å². The first-order chi connectivity index (χ1) is 14.6. The average molecular weight is 431 g/mol. The van der Waals surface area contributed by atoms with E-state index in [-0.39, 0.29) is 24.5 Å². The molecule has 1 aromatic heterocycles. The number of carbonyl (C=O) groups is 2. The fraction of sp³-hybridized carbons (Fsp3) is 0.143. The van der Waals surface area contributed by atoms with Gasteiger partial charge in [-0.15, -0.1) is 0 Å². The van der Waals surface area contributed by atoms with Crippen molar-refractivity contribution in [3.05, 3.63) is 70.3 Å². The summed E-state index contributed by atoms with van der Waals surface area (Å²) in [6.07, 6.45) is -2.35. The standard InChI is InChI=1S/C21H16F3N3O4/c22-21(23,24)20(31)25-14-5-3-4-13(12-14)8-9-17-26-16-7-2-1-6-15(16)19(30)27(17)11-10-18(28)29/h1-9,12H,10-11H2,(H,25,31)(H,28,29)/b9-8-. The predicted molar refractivity (Wildman–Crippen MR) is 108 cm³/mol. The van der Waals surface area contributed by atoms with Gasteiger partial charge in [-0.05, 0) is 35.9 Å². The highest BCUT2D eigenvalue weighted by Crippen LogP contribution is 2.20. The number of nitrogens with zero attached hydrogens (tertiary/aromatic N) is 2. The maximum atomic E-state index is 12.8. The Morgan fingerprint density at radius 2 is 1.84 bits per heavy atom. The van der Waals surface area contributed by atoms with Gasteiger partial charge in [-0.1, -0.05) is 30.3 Å². The van der Waals surface area contributed by atoms with Crippen LogP contribution in [0, 0.1) is 0 Å². The van der Waals surface area contributed by atoms with E-state index in [0.717, 1.165) is 0 Å². The minimum Gasteiger partial charge on any atom is -0.481 e. The van der Waals surface area contributed by atoms with E-state index in [1.165, 1.54) is 34.9 Å². The molecule has 7 nitrogen and oxygen atoms in total. The van der Waals surface area contributed by atoms with Crippen LogP contribution >= 0.6 is 0 Å². The first-order valence-electron chi connectivity index (χ1n) is 9.03. The van der Waals surface area contributed by atoms with Crippen molar-refractivity contribution in [2.45, 2.75) is 19.1 Å². The number of aromatic nitrogens is 2. The number of alkyl halides is 3. The zero-order valence-electron chi connectivity index (χ0n) is 15.9. The summed E-state index contributed by atoms with van der Waals surface area (Å²) in [6, 6.07) is 12.3. The number of carboxylic acid groups (broad SMARTS) is 1. The Morgan fingerprint density at radius 3 is 2.55 bits per heavy atom. The lowest BCUT2D eigenvalue weighted by Crippen LogP contribution is -2.29. The lowest BCUT2D eigenvalue weighted by atomic mass is 10.1. The summed E-state index contributed by atoms with van der Waals surface area (Å²) in [6.45, 7) is -0.104. The maximum Gasteiger partial charge on any atom is 0.471 e. The van der Waals surface area contributed by atoms with Crippen LogP contribution in [0.4, 0.5) is 18.9 Å². The van der Waals surface area contributed by atoms with E-state index < -0.39 is 23.6 Å². The van der Waals surface area contributed by atoms with Crippen LogP contribution < -0.4 is 10.9 Å². The number of fused-ring (bicyclic) bond motifs is 1. The van der Waals surface area contributed by atoms with Crippen molar-refractivity contribution < 1.29 is 27.9 Å². The van der Waals surface area contributed by atoms with Crippen molar-refractivity contribution in [1.29, 1.82) is 0 Å². The van der Waals surface area contributed by atoms with Gasteiger partial charge in [0.05, 0.1) is 17.3 Å². The lowest BCUT2D eigenvalue weighted by molar-refractivity contribution is -0.167. The Balaban J connectivity index is 1.96. The largest absolute Gasteiger partial charge is 0.481 e. The van der Waals surface area contributed by atoms with Gasteiger partial charge in [0.15, 0.2) is 0 Å². The number of amides is 1. The number of rotatable bonds is 6. The second kappa shape index (κ2) is 8.82. The van der Waals surface area contributed by atoms with Crippen LogP contribution in [0.5, 0.6) is 0 Å². The van der Waals surface area contributed by atoms with Gasteiger partial charge < -0.3 is 10.4 Å². The highest BCUT2D eigenvalue weighted by Gasteiger charge is 2.38. The van der Waals surface area contributed by atoms with Gasteiger partial charge in [0.1, 0.15) is 5.82 Å². The quantitative estimate of drug-likeness (QED) is 0.622. The van der Waals surface area contributed by atoms with Crippen molar-refractivity contribution in [2.75, 3.05) is 5.32 Å². The summed E-state index contributed by atoms with van der Waals surface area (Å²) in [5.41, 5.74) is 0.397. The molecule has 0 saturated heterocycles. The summed E-state index contributed by atoms with van der Waals surface area (Å²) in [5, 5.41) is 11.1. The number of anilines is 1. The van der Waals surface area contributed by atoms with Crippen molar-refractivity contribution in [2.24, 2.45) is 0 Å². The molecule has 2 aromatic carbocycles. The molecule has 3 rings (SSSR count). The van der Waals surface area contributed by atoms with Crippen molar-refractivity contribution in [3.63, 3.8) is 0 Å². The Hall–Kier alpha value is -3.95. The third-order valence-corrected chi connectivity index (χ3v) is 4.27. The molecule has 0 spiro atoms. The maximum absolute atomic E-state index is 12.8. The zero-order valence-corrected chi connectivity index (χ0v) is 15.9. The number of halogens is 3. The number of hydrogen-bond acceptors (Lipinski definition) is 4. The summed E-state index contributed by atoms with van der Waals surface area (Å²) >= 11 is 0. The third-order valence-electron chi connectivity index (χ3n) is 4.27. The second-order valence-electron chi connectivity index (χ2n) is 6.50. The van der Waals surface area contributed by atoms with Crippen molar-refractivity contribution in [1.82, 2.24) is 9.55 Å². The molecule has 0 unspecified atom stereocenters. The van der Waals surface area contributed by atoms with Crippen molar-refractivity contribution in [3.8, 4) is 0 Å². The normalized spacial score (nSPS) is 11.7. The van der Waals surface area contributed by atoms with Gasteiger partial charge >= 0.3 is 18.1 Å². The molecule has 0 bridgehead atoms. The third kappa shape index (κ3) is 5.35. The molecular weight excluding hydrogens is 415 g/mol. The molecule has 0 aliphatic rings. The van der Waals surface area contributed by atoms with Crippen LogP contribution in [0.3, 0.4) is 0 Å². The predicted octanol–water partition coefficient (Wildman–Crippen LogP) is 3.54. The first-order valence-corrected chi connectivity index (χ1v) is 9.03. The Morgan fingerprint density at radius 1 is 1.10 bits per heavy atom. The molecule has 0 atom stereocenters. The number of carbonyl (C=O) groups excluding carboxylic acids is 1. The Bertz CT molecular complexity index is 1230. The van der Waals surface area contributed by atoms with E-state index in [1.54, 1.807) is 35.6 Å². The van der Waals surface area contributed by atoms with Crippen LogP contribution in [0.2, 0.25) is 0 Å². The number of benzene rings is 2. The molecule has 2 N–H and O–H groups in total. The number of carboxylic acids is 1. The van der Waals surface area contributed by atoms with Crippen LogP contribution in [-0.4, -0.2) is 32.7 Å². The second-order valence-corrected chi connectivity index (χ2v) is 6.50. The summed E-state index contributed by atoms with van der Waals surface area (Å²) < 4.78 is 38.5. The average Bonchev–Trinajstić information content (AvgIpc) is 2.71. The molecule has 1 amide bonds. The van der Waals surface area contributed by atoms with Gasteiger partial charge in [0.25, 0.3) is 5.56 Å². The molecule has 0 aliphatic carbocycles. The summed E-state index contributed by atoms with van der Waals surface area (Å²) in [5.74, 6) is -2.98. The van der Waals surface area contributed by atoms with E-state index in [9.17, 15) is 27.6 Å². The Kier molecular flexibility index (Phi) is 6.19. The summed E-state index contributed by atoms with van der Waals surface area (Å²) in [7, 11) is 0. The van der Waals surface area contributed by atoms with E-state index in [4.69, 9.17) is 5.11 Å². The smallest absolute Gasteiger partial charge is 0.471 e. The molecule has 1 heterocycles. The molecular formula is C21H16F3N3O4. The highest BCUT2D eigenvalue weighted by molar-refractivity contribution is 5.95. The number of aliphatic carboxylic acids is 1. The number of nitrogens with one attached hydrogen (secondary N) is 1. The minimum atomic E-state index is -5.01. The van der Waals surface area contributed by atoms with Gasteiger partial charge in [-0.2, -0.15) is 13.2 Å². The van der Waals surface area contributed by atoms with E-state index in [1.807, 2.05) is 0 Å². The van der Waals surface area contributed by atoms with Gasteiger partial charge in [0.2, 0.25) is 0 Å². The number of para-hydroxylation sites is 1. The molecule has 0 aliphatic heterocycles. The molecule has 3 aromatic rings. The summed E-state index contributed by atoms with van der Waals surface area (Å²) in [4.78, 5) is 39.3. The highest BCUT2D eigenvalue weighted by atomic mass is 19.4. The number of hydrogen-bond donors (Lipinski definition) is 2. The topological polar surface area (TPSA) is 101 Å². The van der Waals surface area contributed by atoms with Crippen LogP contribution in [-0.2, 0) is 16.1 Å².